The quantitative estimate of drug-likeness (QED) is 0.245. The van der Waals surface area contributed by atoms with E-state index in [1.807, 2.05) is 0 Å². The van der Waals surface area contributed by atoms with Gasteiger partial charge in [0.25, 0.3) is 0 Å². The van der Waals surface area contributed by atoms with Crippen LogP contribution in [0.2, 0.25) is 20.1 Å². The monoisotopic (exact) mass is 454 g/mol. The lowest BCUT2D eigenvalue weighted by Crippen LogP contribution is -1.95. The molecular weight excluding hydrogens is 446 g/mol. The van der Waals surface area contributed by atoms with E-state index in [9.17, 15) is 0 Å². The summed E-state index contributed by atoms with van der Waals surface area (Å²) in [5, 5.41) is 16.1. The SMILES string of the molecule is Clc1c(Cl)c(/C=N/N=C/c2ccco2)c(Cl)c(Cl)c1/C=N/N=C\c1ccco1. The van der Waals surface area contributed by atoms with Gasteiger partial charge in [-0.05, 0) is 24.3 Å². The summed E-state index contributed by atoms with van der Waals surface area (Å²) in [5.74, 6) is 1.10. The van der Waals surface area contributed by atoms with E-state index in [1.165, 1.54) is 37.4 Å². The molecule has 3 rings (SSSR count). The van der Waals surface area contributed by atoms with E-state index < -0.39 is 0 Å². The predicted molar refractivity (Wildman–Crippen MR) is 114 cm³/mol. The third-order valence-electron chi connectivity index (χ3n) is 3.29. The molecule has 3 aromatic rings. The van der Waals surface area contributed by atoms with Gasteiger partial charge in [0.05, 0.1) is 57.5 Å². The molecule has 0 saturated heterocycles. The Balaban J connectivity index is 1.82. The van der Waals surface area contributed by atoms with Crippen LogP contribution in [-0.2, 0) is 0 Å². The van der Waals surface area contributed by atoms with E-state index in [1.54, 1.807) is 24.3 Å². The molecule has 0 saturated carbocycles. The minimum absolute atomic E-state index is 0.157. The van der Waals surface area contributed by atoms with Crippen LogP contribution in [0.25, 0.3) is 0 Å². The average Bonchev–Trinajstić information content (AvgIpc) is 3.39. The van der Waals surface area contributed by atoms with E-state index >= 15 is 0 Å². The summed E-state index contributed by atoms with van der Waals surface area (Å²) in [4.78, 5) is 0. The topological polar surface area (TPSA) is 75.7 Å². The molecular formula is C18H10Cl4N4O2. The van der Waals surface area contributed by atoms with Crippen molar-refractivity contribution in [2.45, 2.75) is 0 Å². The van der Waals surface area contributed by atoms with Gasteiger partial charge in [0.1, 0.15) is 11.5 Å². The first-order valence-corrected chi connectivity index (χ1v) is 9.15. The van der Waals surface area contributed by atoms with Crippen LogP contribution in [0.4, 0.5) is 0 Å². The fourth-order valence-corrected chi connectivity index (χ4v) is 3.06. The molecule has 142 valence electrons. The van der Waals surface area contributed by atoms with Crippen molar-refractivity contribution in [3.8, 4) is 0 Å². The fraction of sp³-hybridized carbons (Fsp3) is 0. The molecule has 0 aliphatic heterocycles. The number of benzene rings is 1. The zero-order valence-electron chi connectivity index (χ0n) is 13.9. The van der Waals surface area contributed by atoms with E-state index in [0.29, 0.717) is 22.6 Å². The summed E-state index contributed by atoms with van der Waals surface area (Å²) in [6, 6.07) is 6.93. The van der Waals surface area contributed by atoms with Crippen LogP contribution in [-0.4, -0.2) is 24.9 Å². The Kier molecular flexibility index (Phi) is 7.06. The van der Waals surface area contributed by atoms with Crippen molar-refractivity contribution < 1.29 is 8.83 Å². The molecule has 0 bridgehead atoms. The third-order valence-corrected chi connectivity index (χ3v) is 5.06. The number of nitrogens with zero attached hydrogens (tertiary/aromatic N) is 4. The molecule has 0 fully saturated rings. The van der Waals surface area contributed by atoms with Gasteiger partial charge in [-0.15, -0.1) is 0 Å². The summed E-state index contributed by atoms with van der Waals surface area (Å²) in [6.07, 6.45) is 8.60. The molecule has 0 aliphatic rings. The number of hydrogen-bond acceptors (Lipinski definition) is 6. The number of halogens is 4. The lowest BCUT2D eigenvalue weighted by Gasteiger charge is -2.09. The molecule has 0 spiro atoms. The lowest BCUT2D eigenvalue weighted by atomic mass is 10.1. The largest absolute Gasteiger partial charge is 0.463 e. The van der Waals surface area contributed by atoms with Gasteiger partial charge in [-0.1, -0.05) is 46.4 Å². The highest BCUT2D eigenvalue weighted by Gasteiger charge is 2.18. The van der Waals surface area contributed by atoms with Gasteiger partial charge in [-0.2, -0.15) is 20.4 Å². The van der Waals surface area contributed by atoms with Gasteiger partial charge in [0.2, 0.25) is 0 Å². The van der Waals surface area contributed by atoms with Gasteiger partial charge in [-0.25, -0.2) is 0 Å². The standard InChI is InChI=1S/C18H10Cl4N4O2/c19-15-13(9-25-23-7-11-3-1-5-27-11)16(20)18(22)14(17(15)21)10-26-24-8-12-4-2-6-28-12/h1-10H/b23-7-,24-8+,25-9+,26-10+. The van der Waals surface area contributed by atoms with Crippen molar-refractivity contribution in [3.63, 3.8) is 0 Å². The second kappa shape index (κ2) is 9.71. The van der Waals surface area contributed by atoms with E-state index in [2.05, 4.69) is 20.4 Å². The van der Waals surface area contributed by atoms with Crippen LogP contribution in [0.3, 0.4) is 0 Å². The minimum atomic E-state index is 0.157. The first kappa shape index (κ1) is 20.4. The molecule has 2 heterocycles. The normalized spacial score (nSPS) is 12.4. The van der Waals surface area contributed by atoms with Crippen molar-refractivity contribution in [2.75, 3.05) is 0 Å². The number of hydrogen-bond donors (Lipinski definition) is 0. The molecule has 28 heavy (non-hydrogen) atoms. The van der Waals surface area contributed by atoms with Gasteiger partial charge < -0.3 is 8.83 Å². The Labute approximate surface area is 179 Å². The van der Waals surface area contributed by atoms with Crippen LogP contribution in [0.15, 0.2) is 66.0 Å². The second-order valence-electron chi connectivity index (χ2n) is 5.09. The highest BCUT2D eigenvalue weighted by molar-refractivity contribution is 6.51. The Morgan fingerprint density at radius 2 is 0.929 bits per heavy atom. The summed E-state index contributed by atoms with van der Waals surface area (Å²) < 4.78 is 10.2. The molecule has 6 nitrogen and oxygen atoms in total. The molecule has 0 aliphatic carbocycles. The minimum Gasteiger partial charge on any atom is -0.463 e. The summed E-state index contributed by atoms with van der Waals surface area (Å²) in [5.41, 5.74) is 0.650. The molecule has 0 radical (unpaired) electrons. The molecule has 0 unspecified atom stereocenters. The Morgan fingerprint density at radius 1 is 0.571 bits per heavy atom. The maximum absolute atomic E-state index is 6.30. The van der Waals surface area contributed by atoms with Gasteiger partial charge in [0, 0.05) is 11.1 Å². The first-order chi connectivity index (χ1) is 13.6. The van der Waals surface area contributed by atoms with Crippen molar-refractivity contribution in [2.24, 2.45) is 20.4 Å². The molecule has 1 aromatic carbocycles. The highest BCUT2D eigenvalue weighted by atomic mass is 35.5. The Hall–Kier alpha value is -2.38. The first-order valence-electron chi connectivity index (χ1n) is 7.63. The Morgan fingerprint density at radius 3 is 1.25 bits per heavy atom. The van der Waals surface area contributed by atoms with Crippen LogP contribution in [0, 0.1) is 0 Å². The fourth-order valence-electron chi connectivity index (χ4n) is 1.98. The summed E-state index contributed by atoms with van der Waals surface area (Å²) in [7, 11) is 0. The molecule has 0 N–H and O–H groups in total. The van der Waals surface area contributed by atoms with E-state index in [4.69, 9.17) is 55.2 Å². The molecule has 0 atom stereocenters. The number of rotatable bonds is 6. The van der Waals surface area contributed by atoms with Gasteiger partial charge >= 0.3 is 0 Å². The zero-order chi connectivity index (χ0) is 19.9. The smallest absolute Gasteiger partial charge is 0.146 e. The van der Waals surface area contributed by atoms with Gasteiger partial charge in [0.15, 0.2) is 0 Å². The van der Waals surface area contributed by atoms with Crippen LogP contribution in [0.1, 0.15) is 22.6 Å². The lowest BCUT2D eigenvalue weighted by molar-refractivity contribution is 0.560. The summed E-state index contributed by atoms with van der Waals surface area (Å²) >= 11 is 25.2. The van der Waals surface area contributed by atoms with E-state index in [0.717, 1.165) is 0 Å². The predicted octanol–water partition coefficient (Wildman–Crippen LogP) is 6.39. The van der Waals surface area contributed by atoms with Gasteiger partial charge in [-0.3, -0.25) is 0 Å². The second-order valence-corrected chi connectivity index (χ2v) is 6.60. The van der Waals surface area contributed by atoms with Crippen molar-refractivity contribution in [1.29, 1.82) is 0 Å². The molecule has 2 aromatic heterocycles. The Bertz CT molecular complexity index is 942. The zero-order valence-corrected chi connectivity index (χ0v) is 16.9. The van der Waals surface area contributed by atoms with Crippen molar-refractivity contribution in [3.05, 3.63) is 79.5 Å². The number of furan rings is 2. The third kappa shape index (κ3) is 4.91. The maximum atomic E-state index is 6.30. The van der Waals surface area contributed by atoms with E-state index in [-0.39, 0.29) is 20.1 Å². The van der Waals surface area contributed by atoms with Crippen LogP contribution >= 0.6 is 46.4 Å². The molecule has 10 heteroatoms. The maximum Gasteiger partial charge on any atom is 0.146 e. The average molecular weight is 456 g/mol. The molecule has 0 amide bonds. The summed E-state index contributed by atoms with van der Waals surface area (Å²) in [6.45, 7) is 0. The van der Waals surface area contributed by atoms with Crippen LogP contribution < -0.4 is 0 Å². The highest BCUT2D eigenvalue weighted by Crippen LogP contribution is 2.39. The van der Waals surface area contributed by atoms with Crippen molar-refractivity contribution >= 4 is 71.3 Å². The van der Waals surface area contributed by atoms with Crippen LogP contribution in [0.5, 0.6) is 0 Å². The van der Waals surface area contributed by atoms with Crippen molar-refractivity contribution in [1.82, 2.24) is 0 Å².